The lowest BCUT2D eigenvalue weighted by molar-refractivity contribution is -0.131. The molecular formula is C35H38FN3O5. The fraction of sp³-hybridized carbons (Fsp3) is 0.343. The molecule has 1 saturated carbocycles. The third-order valence-electron chi connectivity index (χ3n) is 7.85. The van der Waals surface area contributed by atoms with Crippen LogP contribution in [0.1, 0.15) is 64.7 Å². The molecule has 1 fully saturated rings. The van der Waals surface area contributed by atoms with Crippen LogP contribution in [0.5, 0.6) is 23.0 Å². The molecule has 1 heterocycles. The molecule has 8 nitrogen and oxygen atoms in total. The fourth-order valence-corrected chi connectivity index (χ4v) is 5.03. The van der Waals surface area contributed by atoms with Crippen LogP contribution in [0.25, 0.3) is 10.9 Å². The van der Waals surface area contributed by atoms with Crippen LogP contribution in [0, 0.1) is 11.2 Å². The Morgan fingerprint density at radius 1 is 0.841 bits per heavy atom. The molecule has 1 aliphatic carbocycles. The lowest BCUT2D eigenvalue weighted by Gasteiger charge is -2.16. The van der Waals surface area contributed by atoms with Gasteiger partial charge in [-0.3, -0.25) is 14.6 Å². The number of halogens is 1. The molecule has 230 valence electrons. The molecule has 0 unspecified atom stereocenters. The van der Waals surface area contributed by atoms with Crippen molar-refractivity contribution in [2.75, 3.05) is 17.2 Å². The number of benzene rings is 3. The normalized spacial score (nSPS) is 13.3. The first kappa shape index (κ1) is 30.8. The summed E-state index contributed by atoms with van der Waals surface area (Å²) in [5.41, 5.74) is 0.372. The minimum absolute atomic E-state index is 0.0324. The van der Waals surface area contributed by atoms with Crippen molar-refractivity contribution in [2.24, 2.45) is 5.41 Å². The van der Waals surface area contributed by atoms with Crippen LogP contribution < -0.4 is 20.1 Å². The van der Waals surface area contributed by atoms with E-state index in [0.29, 0.717) is 59.0 Å². The van der Waals surface area contributed by atoms with Gasteiger partial charge in [0, 0.05) is 29.0 Å². The predicted octanol–water partition coefficient (Wildman–Crippen LogP) is 8.36. The Morgan fingerprint density at radius 3 is 2.09 bits per heavy atom. The van der Waals surface area contributed by atoms with E-state index in [1.807, 2.05) is 0 Å². The number of fused-ring (bicyclic) bond motifs is 1. The molecule has 3 N–H and O–H groups in total. The topological polar surface area (TPSA) is 110 Å². The van der Waals surface area contributed by atoms with Crippen molar-refractivity contribution in [3.05, 3.63) is 78.7 Å². The van der Waals surface area contributed by atoms with Crippen molar-refractivity contribution >= 4 is 34.1 Å². The van der Waals surface area contributed by atoms with Gasteiger partial charge >= 0.3 is 0 Å². The minimum Gasteiger partial charge on any atom is -0.504 e. The van der Waals surface area contributed by atoms with E-state index in [0.717, 1.165) is 12.8 Å². The van der Waals surface area contributed by atoms with Crippen LogP contribution in [0.15, 0.2) is 72.9 Å². The Bertz CT molecular complexity index is 1590. The molecule has 0 saturated heterocycles. The van der Waals surface area contributed by atoms with Gasteiger partial charge in [-0.1, -0.05) is 45.4 Å². The summed E-state index contributed by atoms with van der Waals surface area (Å²) in [5, 5.41) is 16.7. The van der Waals surface area contributed by atoms with Gasteiger partial charge < -0.3 is 25.2 Å². The molecule has 4 aromatic rings. The Morgan fingerprint density at radius 2 is 1.45 bits per heavy atom. The summed E-state index contributed by atoms with van der Waals surface area (Å²) in [6.45, 7) is 2.73. The molecule has 0 atom stereocenters. The molecule has 2 amide bonds. The van der Waals surface area contributed by atoms with E-state index in [1.165, 1.54) is 56.4 Å². The van der Waals surface area contributed by atoms with Gasteiger partial charge in [-0.15, -0.1) is 0 Å². The van der Waals surface area contributed by atoms with E-state index in [9.17, 15) is 19.1 Å². The molecule has 0 aliphatic heterocycles. The number of phenolic OH excluding ortho intramolecular Hbond substituents is 1. The third kappa shape index (κ3) is 7.64. The van der Waals surface area contributed by atoms with Gasteiger partial charge in [0.25, 0.3) is 0 Å². The number of aromatic hydroxyl groups is 1. The number of carbonyl (C=O) groups excluding carboxylic acids is 2. The van der Waals surface area contributed by atoms with Gasteiger partial charge in [0.15, 0.2) is 11.5 Å². The van der Waals surface area contributed by atoms with Gasteiger partial charge in [0.1, 0.15) is 22.7 Å². The molecule has 44 heavy (non-hydrogen) atoms. The molecule has 1 aromatic heterocycles. The number of aromatic nitrogens is 1. The van der Waals surface area contributed by atoms with Crippen LogP contribution in [0.3, 0.4) is 0 Å². The van der Waals surface area contributed by atoms with E-state index in [-0.39, 0.29) is 5.75 Å². The molecule has 0 spiro atoms. The summed E-state index contributed by atoms with van der Waals surface area (Å²) in [6, 6.07) is 17.3. The van der Waals surface area contributed by atoms with Crippen LogP contribution in [-0.4, -0.2) is 28.5 Å². The Kier molecular flexibility index (Phi) is 9.94. The largest absolute Gasteiger partial charge is 0.504 e. The van der Waals surface area contributed by atoms with Crippen molar-refractivity contribution in [1.82, 2.24) is 4.98 Å². The maximum atomic E-state index is 13.2. The zero-order valence-electron chi connectivity index (χ0n) is 24.9. The zero-order chi connectivity index (χ0) is 30.9. The highest BCUT2D eigenvalue weighted by Gasteiger charge is 2.56. The maximum Gasteiger partial charge on any atom is 0.240 e. The van der Waals surface area contributed by atoms with E-state index in [1.54, 1.807) is 48.7 Å². The number of ether oxygens (including phenoxy) is 2. The summed E-state index contributed by atoms with van der Waals surface area (Å²) >= 11 is 0. The number of hydrogen-bond acceptors (Lipinski definition) is 6. The number of rotatable bonds is 15. The quantitative estimate of drug-likeness (QED) is 0.0936. The third-order valence-corrected chi connectivity index (χ3v) is 7.85. The Hall–Kier alpha value is -4.66. The second kappa shape index (κ2) is 14.2. The summed E-state index contributed by atoms with van der Waals surface area (Å²) < 4.78 is 25.2. The Labute approximate surface area is 256 Å². The molecule has 1 aliphatic rings. The van der Waals surface area contributed by atoms with Gasteiger partial charge in [-0.2, -0.15) is 0 Å². The minimum atomic E-state index is -1.15. The van der Waals surface area contributed by atoms with Crippen molar-refractivity contribution in [3.8, 4) is 23.0 Å². The first-order chi connectivity index (χ1) is 21.4. The smallest absolute Gasteiger partial charge is 0.240 e. The van der Waals surface area contributed by atoms with E-state index in [2.05, 4.69) is 22.5 Å². The van der Waals surface area contributed by atoms with Gasteiger partial charge in [0.05, 0.1) is 12.1 Å². The molecule has 9 heteroatoms. The summed E-state index contributed by atoms with van der Waals surface area (Å²) in [5.74, 6) is 0.282. The number of nitrogens with zero attached hydrogens (tertiary/aromatic N) is 1. The van der Waals surface area contributed by atoms with Crippen molar-refractivity contribution in [3.63, 3.8) is 0 Å². The summed E-state index contributed by atoms with van der Waals surface area (Å²) in [4.78, 5) is 30.2. The summed E-state index contributed by atoms with van der Waals surface area (Å²) in [7, 11) is 0. The first-order valence-corrected chi connectivity index (χ1v) is 15.3. The number of amides is 2. The van der Waals surface area contributed by atoms with E-state index < -0.39 is 23.0 Å². The molecule has 3 aromatic carbocycles. The van der Waals surface area contributed by atoms with Gasteiger partial charge in [-0.25, -0.2) is 4.39 Å². The molecule has 0 bridgehead atoms. The summed E-state index contributed by atoms with van der Waals surface area (Å²) in [6.07, 6.45) is 10.7. The lowest BCUT2D eigenvalue weighted by Crippen LogP contribution is -2.35. The van der Waals surface area contributed by atoms with Crippen molar-refractivity contribution in [1.29, 1.82) is 0 Å². The number of unbranched alkanes of at least 4 members (excludes halogenated alkanes) is 6. The highest BCUT2D eigenvalue weighted by Crippen LogP contribution is 2.47. The highest BCUT2D eigenvalue weighted by molar-refractivity contribution is 6.16. The highest BCUT2D eigenvalue weighted by atomic mass is 19.1. The number of nitrogens with one attached hydrogen (secondary N) is 2. The molecule has 0 radical (unpaired) electrons. The van der Waals surface area contributed by atoms with Crippen LogP contribution in [0.2, 0.25) is 0 Å². The van der Waals surface area contributed by atoms with Crippen molar-refractivity contribution < 1.29 is 28.6 Å². The lowest BCUT2D eigenvalue weighted by atomic mass is 10.0. The Balaban J connectivity index is 1.18. The number of pyridine rings is 1. The predicted molar refractivity (Wildman–Crippen MR) is 169 cm³/mol. The van der Waals surface area contributed by atoms with E-state index in [4.69, 9.17) is 9.47 Å². The number of carbonyl (C=O) groups is 2. The average molecular weight is 600 g/mol. The van der Waals surface area contributed by atoms with Crippen LogP contribution in [0.4, 0.5) is 15.8 Å². The first-order valence-electron chi connectivity index (χ1n) is 15.3. The second-order valence-corrected chi connectivity index (χ2v) is 11.2. The number of anilines is 2. The van der Waals surface area contributed by atoms with Crippen LogP contribution in [-0.2, 0) is 9.59 Å². The second-order valence-electron chi connectivity index (χ2n) is 11.2. The zero-order valence-corrected chi connectivity index (χ0v) is 24.9. The van der Waals surface area contributed by atoms with Gasteiger partial charge in [0.2, 0.25) is 11.8 Å². The average Bonchev–Trinajstić information content (AvgIpc) is 3.84. The van der Waals surface area contributed by atoms with Crippen molar-refractivity contribution in [2.45, 2.75) is 64.7 Å². The monoisotopic (exact) mass is 599 g/mol. The number of hydrogen-bond donors (Lipinski definition) is 3. The standard InChI is InChI=1S/C35H38FN3O5/c1-2-3-4-5-6-7-8-21-43-32-22-28-29(23-30(32)40)37-20-17-31(28)44-27-15-13-26(14-16-27)39-34(42)35(18-19-35)33(41)38-25-11-9-24(36)10-12-25/h9-17,20,22-23,40H,2-8,18-19,21H2,1H3,(H,38,41)(H,39,42). The van der Waals surface area contributed by atoms with Crippen LogP contribution >= 0.6 is 0 Å². The SMILES string of the molecule is CCCCCCCCCOc1cc2c(Oc3ccc(NC(=O)C4(C(=O)Nc5ccc(F)cc5)CC4)cc3)ccnc2cc1O. The fourth-order valence-electron chi connectivity index (χ4n) is 5.03. The maximum absolute atomic E-state index is 13.2. The number of phenols is 1. The molecule has 5 rings (SSSR count). The van der Waals surface area contributed by atoms with E-state index >= 15 is 0 Å². The van der Waals surface area contributed by atoms with Gasteiger partial charge in [-0.05, 0) is 79.9 Å². The molecular weight excluding hydrogens is 561 g/mol.